The molecule has 0 bridgehead atoms. The molecule has 1 unspecified atom stereocenters. The normalized spacial score (nSPS) is 24.3. The fourth-order valence-electron chi connectivity index (χ4n) is 8.57. The van der Waals surface area contributed by atoms with Crippen LogP contribution in [-0.2, 0) is 32.1 Å². The zero-order valence-corrected chi connectivity index (χ0v) is 30.9. The van der Waals surface area contributed by atoms with Gasteiger partial charge in [0.25, 0.3) is 11.8 Å². The van der Waals surface area contributed by atoms with Crippen molar-refractivity contribution in [3.05, 3.63) is 76.5 Å². The number of carbonyl (C=O) groups is 6. The van der Waals surface area contributed by atoms with Crippen LogP contribution in [0, 0.1) is 0 Å². The lowest BCUT2D eigenvalue weighted by molar-refractivity contribution is -0.136. The van der Waals surface area contributed by atoms with Gasteiger partial charge in [0.15, 0.2) is 5.82 Å². The van der Waals surface area contributed by atoms with E-state index in [0.29, 0.717) is 5.82 Å². The minimum atomic E-state index is -0.986. The van der Waals surface area contributed by atoms with Crippen molar-refractivity contribution in [3.8, 4) is 0 Å². The van der Waals surface area contributed by atoms with Gasteiger partial charge in [0.2, 0.25) is 17.7 Å². The highest BCUT2D eigenvalue weighted by Gasteiger charge is 2.45. The Bertz CT molecular complexity index is 2010. The molecule has 4 fully saturated rings. The highest BCUT2D eigenvalue weighted by atomic mass is 16.6. The van der Waals surface area contributed by atoms with Gasteiger partial charge in [-0.05, 0) is 74.8 Å². The van der Waals surface area contributed by atoms with E-state index in [0.717, 1.165) is 98.8 Å². The van der Waals surface area contributed by atoms with E-state index in [-0.39, 0.29) is 60.5 Å². The molecule has 6 amide bonds. The number of imide groups is 2. The lowest BCUT2D eigenvalue weighted by Gasteiger charge is -2.36. The summed E-state index contributed by atoms with van der Waals surface area (Å²) < 4.78 is 5.81. The third-order valence-corrected chi connectivity index (χ3v) is 11.7. The van der Waals surface area contributed by atoms with E-state index in [4.69, 9.17) is 4.74 Å². The van der Waals surface area contributed by atoms with E-state index >= 15 is 0 Å². The van der Waals surface area contributed by atoms with Crippen LogP contribution in [0.4, 0.5) is 16.3 Å². The van der Waals surface area contributed by atoms with Crippen molar-refractivity contribution in [3.63, 3.8) is 0 Å². The highest BCUT2D eigenvalue weighted by molar-refractivity contribution is 6.23. The van der Waals surface area contributed by atoms with E-state index in [2.05, 4.69) is 37.6 Å². The summed E-state index contributed by atoms with van der Waals surface area (Å²) >= 11 is 0. The molecule has 1 aliphatic carbocycles. The van der Waals surface area contributed by atoms with Gasteiger partial charge in [0, 0.05) is 75.1 Å². The number of benzene rings is 2. The summed E-state index contributed by atoms with van der Waals surface area (Å²) in [6.07, 6.45) is 4.58. The van der Waals surface area contributed by atoms with Gasteiger partial charge in [0.05, 0.1) is 17.5 Å². The average molecular weight is 751 g/mol. The molecular weight excluding hydrogens is 704 g/mol. The number of H-pyrrole nitrogens is 1. The van der Waals surface area contributed by atoms with E-state index in [1.165, 1.54) is 0 Å². The number of hydrogen-bond acceptors (Lipinski definition) is 10. The molecule has 15 nitrogen and oxygen atoms in total. The Morgan fingerprint density at radius 2 is 1.64 bits per heavy atom. The Hall–Kier alpha value is -5.57. The first-order valence-corrected chi connectivity index (χ1v) is 19.3. The third kappa shape index (κ3) is 7.70. The number of likely N-dealkylation sites (tertiary alicyclic amines) is 1. The second kappa shape index (κ2) is 15.3. The molecule has 1 saturated carbocycles. The maximum atomic E-state index is 13.3. The van der Waals surface area contributed by atoms with Crippen molar-refractivity contribution in [2.24, 2.45) is 0 Å². The number of nitrogens with one attached hydrogen (secondary N) is 3. The molecule has 0 radical (unpaired) electrons. The van der Waals surface area contributed by atoms with Crippen LogP contribution in [0.2, 0.25) is 0 Å². The number of hydrogen-bond donors (Lipinski definition) is 3. The fourth-order valence-corrected chi connectivity index (χ4v) is 8.57. The zero-order valence-electron chi connectivity index (χ0n) is 30.9. The van der Waals surface area contributed by atoms with Crippen LogP contribution >= 0.6 is 0 Å². The molecule has 0 spiro atoms. The molecule has 15 heteroatoms. The molecule has 5 heterocycles. The second-order valence-corrected chi connectivity index (χ2v) is 15.4. The maximum absolute atomic E-state index is 13.3. The molecule has 4 atom stereocenters. The van der Waals surface area contributed by atoms with Crippen LogP contribution in [0.5, 0.6) is 0 Å². The van der Waals surface area contributed by atoms with Crippen molar-refractivity contribution in [1.29, 1.82) is 0 Å². The first-order valence-electron chi connectivity index (χ1n) is 19.3. The average Bonchev–Trinajstić information content (AvgIpc) is 3.98. The summed E-state index contributed by atoms with van der Waals surface area (Å²) in [6, 6.07) is 14.4. The molecule has 3 N–H and O–H groups in total. The molecular formula is C40H46N8O7. The number of rotatable bonds is 9. The van der Waals surface area contributed by atoms with Crippen molar-refractivity contribution in [2.45, 2.75) is 88.9 Å². The standard InChI is InChI=1S/C40H46N8O7/c1-24-3-2-14-47(24)40(54)55-29-10-8-27(20-29)32-22-34(44-43-32)41-36(50)19-25-4-6-26(7-5-25)23-45-15-17-46(18-16-45)28-9-11-30-31(21-28)39(53)48(38(30)52)33-12-13-35(49)42-37(33)51/h4-7,9,11,21-22,24,27,29,33H,2-3,8,10,12-20,23H2,1H3,(H,42,49,51)(H2,41,43,44,50)/t24-,27+,29-,33?/m1/s1. The number of piperazine rings is 1. The molecule has 55 heavy (non-hydrogen) atoms. The predicted molar refractivity (Wildman–Crippen MR) is 200 cm³/mol. The monoisotopic (exact) mass is 750 g/mol. The third-order valence-electron chi connectivity index (χ3n) is 11.7. The van der Waals surface area contributed by atoms with Gasteiger partial charge in [-0.25, -0.2) is 4.79 Å². The van der Waals surface area contributed by atoms with Gasteiger partial charge >= 0.3 is 6.09 Å². The van der Waals surface area contributed by atoms with Crippen LogP contribution in [0.25, 0.3) is 0 Å². The predicted octanol–water partition coefficient (Wildman–Crippen LogP) is 3.57. The largest absolute Gasteiger partial charge is 0.446 e. The van der Waals surface area contributed by atoms with Crippen LogP contribution in [-0.4, -0.2) is 111 Å². The number of aromatic nitrogens is 2. The topological polar surface area (TPSA) is 177 Å². The smallest absolute Gasteiger partial charge is 0.410 e. The molecule has 3 saturated heterocycles. The van der Waals surface area contributed by atoms with Gasteiger partial charge in [-0.1, -0.05) is 24.3 Å². The quantitative estimate of drug-likeness (QED) is 0.274. The van der Waals surface area contributed by atoms with Crippen molar-refractivity contribution < 1.29 is 33.5 Å². The fraction of sp³-hybridized carbons (Fsp3) is 0.475. The van der Waals surface area contributed by atoms with Gasteiger partial charge in [-0.15, -0.1) is 0 Å². The first kappa shape index (κ1) is 36.4. The lowest BCUT2D eigenvalue weighted by Crippen LogP contribution is -2.54. The molecule has 3 aromatic rings. The summed E-state index contributed by atoms with van der Waals surface area (Å²) in [4.78, 5) is 83.2. The Kier molecular flexibility index (Phi) is 10.1. The number of nitrogens with zero attached hydrogens (tertiary/aromatic N) is 5. The number of anilines is 2. The van der Waals surface area contributed by atoms with E-state index in [1.54, 1.807) is 12.1 Å². The molecule has 5 aliphatic rings. The van der Waals surface area contributed by atoms with Crippen molar-refractivity contribution >= 4 is 47.1 Å². The minimum absolute atomic E-state index is 0.0813. The van der Waals surface area contributed by atoms with Gasteiger partial charge in [-0.2, -0.15) is 5.10 Å². The first-order chi connectivity index (χ1) is 26.6. The van der Waals surface area contributed by atoms with Crippen LogP contribution < -0.4 is 15.5 Å². The SMILES string of the molecule is C[C@@H]1CCCN1C(=O)O[C@@H]1CC[C@H](c2cc(NC(=O)Cc3ccc(CN4CCN(c5ccc6c(c5)C(=O)N(C5CCC(=O)NC5=O)C6=O)CC4)cc3)n[nH]2)C1. The number of aromatic amines is 1. The van der Waals surface area contributed by atoms with E-state index in [1.807, 2.05) is 41.3 Å². The summed E-state index contributed by atoms with van der Waals surface area (Å²) in [5.74, 6) is -1.51. The highest BCUT2D eigenvalue weighted by Crippen LogP contribution is 2.37. The molecule has 1 aromatic heterocycles. The number of piperidine rings is 1. The number of amides is 6. The number of ether oxygens (including phenoxy) is 1. The van der Waals surface area contributed by atoms with Gasteiger partial charge < -0.3 is 19.9 Å². The Labute approximate surface area is 318 Å². The summed E-state index contributed by atoms with van der Waals surface area (Å²) in [7, 11) is 0. The minimum Gasteiger partial charge on any atom is -0.446 e. The Balaban J connectivity index is 0.778. The van der Waals surface area contributed by atoms with E-state index < -0.39 is 29.7 Å². The van der Waals surface area contributed by atoms with Crippen molar-refractivity contribution in [1.82, 2.24) is 30.2 Å². The summed E-state index contributed by atoms with van der Waals surface area (Å²) in [6.45, 7) is 6.65. The summed E-state index contributed by atoms with van der Waals surface area (Å²) in [5.41, 5.74) is 4.37. The number of carbonyl (C=O) groups excluding carboxylic acids is 6. The maximum Gasteiger partial charge on any atom is 0.410 e. The Morgan fingerprint density at radius 1 is 0.873 bits per heavy atom. The molecule has 288 valence electrons. The van der Waals surface area contributed by atoms with Crippen LogP contribution in [0.15, 0.2) is 48.5 Å². The van der Waals surface area contributed by atoms with Crippen LogP contribution in [0.3, 0.4) is 0 Å². The lowest BCUT2D eigenvalue weighted by atomic mass is 10.0. The van der Waals surface area contributed by atoms with Gasteiger partial charge in [-0.3, -0.25) is 44.2 Å². The van der Waals surface area contributed by atoms with E-state index in [9.17, 15) is 28.8 Å². The van der Waals surface area contributed by atoms with Crippen LogP contribution in [0.1, 0.15) is 95.3 Å². The second-order valence-electron chi connectivity index (χ2n) is 15.4. The van der Waals surface area contributed by atoms with Crippen molar-refractivity contribution in [2.75, 3.05) is 42.9 Å². The number of fused-ring (bicyclic) bond motifs is 1. The van der Waals surface area contributed by atoms with Gasteiger partial charge in [0.1, 0.15) is 12.1 Å². The molecule has 4 aliphatic heterocycles. The molecule has 2 aromatic carbocycles. The zero-order chi connectivity index (χ0) is 38.2. The Morgan fingerprint density at radius 3 is 2.38 bits per heavy atom. The summed E-state index contributed by atoms with van der Waals surface area (Å²) in [5, 5.41) is 12.5. The molecule has 8 rings (SSSR count).